The van der Waals surface area contributed by atoms with Crippen LogP contribution in [0.3, 0.4) is 0 Å². The van der Waals surface area contributed by atoms with E-state index in [1.165, 1.54) is 0 Å². The van der Waals surface area contributed by atoms with Crippen molar-refractivity contribution in [2.75, 3.05) is 5.32 Å². The Morgan fingerprint density at radius 2 is 2.11 bits per heavy atom. The average molecular weight is 327 g/mol. The van der Waals surface area contributed by atoms with Gasteiger partial charge in [0.2, 0.25) is 0 Å². The largest absolute Gasteiger partial charge is 0.480 e. The van der Waals surface area contributed by atoms with Crippen LogP contribution in [0, 0.1) is 5.92 Å². The van der Waals surface area contributed by atoms with Crippen molar-refractivity contribution in [3.8, 4) is 0 Å². The first-order chi connectivity index (χ1) is 8.84. The van der Waals surface area contributed by atoms with Crippen molar-refractivity contribution in [1.29, 1.82) is 0 Å². The molecule has 1 saturated carbocycles. The third-order valence-electron chi connectivity index (χ3n) is 3.48. The Balaban J connectivity index is 2.37. The molecular formula is C13H15BrN2O3. The molecule has 0 aromatic heterocycles. The molecule has 1 unspecified atom stereocenters. The third-order valence-corrected chi connectivity index (χ3v) is 3.97. The molecule has 1 amide bonds. The van der Waals surface area contributed by atoms with Gasteiger partial charge in [-0.2, -0.15) is 0 Å². The summed E-state index contributed by atoms with van der Waals surface area (Å²) in [6.07, 6.45) is 1.75. The number of primary amides is 1. The number of amides is 1. The standard InChI is InChI=1S/C13H15BrN2O3/c1-13(12(18)19,7-2-3-7)16-10-5-4-8(14)6-9(10)11(15)17/h4-7,16H,2-3H2,1H3,(H2,15,17)(H,18,19). The molecule has 6 heteroatoms. The minimum atomic E-state index is -1.07. The lowest BCUT2D eigenvalue weighted by molar-refractivity contribution is -0.142. The molecular weight excluding hydrogens is 312 g/mol. The Morgan fingerprint density at radius 3 is 2.58 bits per heavy atom. The van der Waals surface area contributed by atoms with Crippen molar-refractivity contribution >= 4 is 33.5 Å². The molecule has 0 spiro atoms. The summed E-state index contributed by atoms with van der Waals surface area (Å²) < 4.78 is 0.718. The van der Waals surface area contributed by atoms with Gasteiger partial charge in [-0.15, -0.1) is 0 Å². The van der Waals surface area contributed by atoms with E-state index in [0.29, 0.717) is 5.69 Å². The maximum atomic E-state index is 11.5. The van der Waals surface area contributed by atoms with Gasteiger partial charge in [0.15, 0.2) is 0 Å². The lowest BCUT2D eigenvalue weighted by Gasteiger charge is -2.28. The highest BCUT2D eigenvalue weighted by Gasteiger charge is 2.47. The molecule has 1 aliphatic rings. The lowest BCUT2D eigenvalue weighted by Crippen LogP contribution is -2.46. The number of halogens is 1. The van der Waals surface area contributed by atoms with Crippen LogP contribution in [0.2, 0.25) is 0 Å². The predicted octanol–water partition coefficient (Wildman–Crippen LogP) is 2.21. The number of nitrogens with two attached hydrogens (primary N) is 1. The number of carboxylic acid groups (broad SMARTS) is 1. The highest BCUT2D eigenvalue weighted by molar-refractivity contribution is 9.10. The highest BCUT2D eigenvalue weighted by Crippen LogP contribution is 2.42. The third kappa shape index (κ3) is 2.73. The number of hydrogen-bond acceptors (Lipinski definition) is 3. The van der Waals surface area contributed by atoms with Crippen molar-refractivity contribution < 1.29 is 14.7 Å². The molecule has 2 rings (SSSR count). The van der Waals surface area contributed by atoms with Crippen molar-refractivity contribution in [2.24, 2.45) is 11.7 Å². The van der Waals surface area contributed by atoms with Gasteiger partial charge in [0.25, 0.3) is 5.91 Å². The van der Waals surface area contributed by atoms with Gasteiger partial charge in [-0.05, 0) is 43.9 Å². The van der Waals surface area contributed by atoms with Gasteiger partial charge in [0.1, 0.15) is 5.54 Å². The van der Waals surface area contributed by atoms with Crippen LogP contribution in [-0.4, -0.2) is 22.5 Å². The zero-order valence-corrected chi connectivity index (χ0v) is 12.0. The van der Waals surface area contributed by atoms with E-state index in [1.54, 1.807) is 25.1 Å². The molecule has 5 nitrogen and oxygen atoms in total. The van der Waals surface area contributed by atoms with Crippen LogP contribution in [0.5, 0.6) is 0 Å². The number of anilines is 1. The number of carbonyl (C=O) groups is 2. The van der Waals surface area contributed by atoms with Crippen LogP contribution in [0.1, 0.15) is 30.1 Å². The minimum absolute atomic E-state index is 0.0781. The summed E-state index contributed by atoms with van der Waals surface area (Å²) >= 11 is 3.26. The summed E-state index contributed by atoms with van der Waals surface area (Å²) in [7, 11) is 0. The number of nitrogens with one attached hydrogen (secondary N) is 1. The maximum Gasteiger partial charge on any atom is 0.329 e. The summed E-state index contributed by atoms with van der Waals surface area (Å²) in [5, 5.41) is 12.4. The molecule has 4 N–H and O–H groups in total. The van der Waals surface area contributed by atoms with Gasteiger partial charge in [-0.25, -0.2) is 4.79 Å². The van der Waals surface area contributed by atoms with E-state index in [-0.39, 0.29) is 11.5 Å². The first-order valence-electron chi connectivity index (χ1n) is 5.95. The van der Waals surface area contributed by atoms with Crippen molar-refractivity contribution in [3.63, 3.8) is 0 Å². The molecule has 0 aliphatic heterocycles. The van der Waals surface area contributed by atoms with Crippen molar-refractivity contribution in [3.05, 3.63) is 28.2 Å². The summed E-state index contributed by atoms with van der Waals surface area (Å²) in [6, 6.07) is 4.98. The van der Waals surface area contributed by atoms with E-state index < -0.39 is 17.4 Å². The number of carboxylic acids is 1. The molecule has 0 heterocycles. The van der Waals surface area contributed by atoms with E-state index in [0.717, 1.165) is 17.3 Å². The first kappa shape index (κ1) is 13.9. The van der Waals surface area contributed by atoms with Crippen molar-refractivity contribution in [1.82, 2.24) is 0 Å². The van der Waals surface area contributed by atoms with Crippen LogP contribution >= 0.6 is 15.9 Å². The number of carbonyl (C=O) groups excluding carboxylic acids is 1. The quantitative estimate of drug-likeness (QED) is 0.773. The van der Waals surface area contributed by atoms with Gasteiger partial charge in [0, 0.05) is 10.2 Å². The highest BCUT2D eigenvalue weighted by atomic mass is 79.9. The van der Waals surface area contributed by atoms with Crippen LogP contribution in [-0.2, 0) is 4.79 Å². The Kier molecular flexibility index (Phi) is 3.54. The average Bonchev–Trinajstić information content (AvgIpc) is 3.15. The Hall–Kier alpha value is -1.56. The molecule has 1 atom stereocenters. The Labute approximate surface area is 119 Å². The second-order valence-electron chi connectivity index (χ2n) is 4.96. The van der Waals surface area contributed by atoms with Crippen LogP contribution in [0.4, 0.5) is 5.69 Å². The minimum Gasteiger partial charge on any atom is -0.480 e. The normalized spacial score (nSPS) is 17.6. The van der Waals surface area contributed by atoms with E-state index >= 15 is 0 Å². The Morgan fingerprint density at radius 1 is 1.47 bits per heavy atom. The van der Waals surface area contributed by atoms with Crippen LogP contribution in [0.25, 0.3) is 0 Å². The fourth-order valence-electron chi connectivity index (χ4n) is 2.10. The predicted molar refractivity (Wildman–Crippen MR) is 75.0 cm³/mol. The van der Waals surface area contributed by atoms with Crippen LogP contribution in [0.15, 0.2) is 22.7 Å². The molecule has 1 aliphatic carbocycles. The van der Waals surface area contributed by atoms with E-state index in [2.05, 4.69) is 21.2 Å². The molecule has 1 aromatic carbocycles. The number of rotatable bonds is 5. The van der Waals surface area contributed by atoms with Gasteiger partial charge < -0.3 is 16.2 Å². The number of hydrogen-bond donors (Lipinski definition) is 3. The fraction of sp³-hybridized carbons (Fsp3) is 0.385. The van der Waals surface area contributed by atoms with E-state index in [1.807, 2.05) is 0 Å². The summed E-state index contributed by atoms with van der Waals surface area (Å²) in [5.41, 5.74) is 4.98. The second kappa shape index (κ2) is 4.85. The summed E-state index contributed by atoms with van der Waals surface area (Å²) in [6.45, 7) is 1.64. The zero-order valence-electron chi connectivity index (χ0n) is 10.4. The SMILES string of the molecule is CC(Nc1ccc(Br)cc1C(N)=O)(C(=O)O)C1CC1. The monoisotopic (exact) mass is 326 g/mol. The lowest BCUT2D eigenvalue weighted by atomic mass is 9.95. The smallest absolute Gasteiger partial charge is 0.329 e. The van der Waals surface area contributed by atoms with Gasteiger partial charge in [-0.3, -0.25) is 4.79 Å². The molecule has 1 aromatic rings. The van der Waals surface area contributed by atoms with E-state index in [4.69, 9.17) is 5.73 Å². The zero-order chi connectivity index (χ0) is 14.2. The van der Waals surface area contributed by atoms with Gasteiger partial charge >= 0.3 is 5.97 Å². The van der Waals surface area contributed by atoms with Crippen LogP contribution < -0.4 is 11.1 Å². The number of aliphatic carboxylic acids is 1. The Bertz CT molecular complexity index is 543. The topological polar surface area (TPSA) is 92.4 Å². The molecule has 0 bridgehead atoms. The molecule has 1 fully saturated rings. The maximum absolute atomic E-state index is 11.5. The second-order valence-corrected chi connectivity index (χ2v) is 5.88. The first-order valence-corrected chi connectivity index (χ1v) is 6.75. The summed E-state index contributed by atoms with van der Waals surface area (Å²) in [4.78, 5) is 22.9. The van der Waals surface area contributed by atoms with E-state index in [9.17, 15) is 14.7 Å². The summed E-state index contributed by atoms with van der Waals surface area (Å²) in [5.74, 6) is -1.44. The molecule has 19 heavy (non-hydrogen) atoms. The molecule has 0 radical (unpaired) electrons. The molecule has 0 saturated heterocycles. The van der Waals surface area contributed by atoms with Gasteiger partial charge in [0.05, 0.1) is 5.56 Å². The van der Waals surface area contributed by atoms with Crippen molar-refractivity contribution in [2.45, 2.75) is 25.3 Å². The molecule has 102 valence electrons. The fourth-order valence-corrected chi connectivity index (χ4v) is 2.46. The van der Waals surface area contributed by atoms with Gasteiger partial charge in [-0.1, -0.05) is 15.9 Å². The number of benzene rings is 1.